The van der Waals surface area contributed by atoms with Crippen molar-refractivity contribution in [3.8, 4) is 0 Å². The van der Waals surface area contributed by atoms with Gasteiger partial charge in [0, 0.05) is 13.6 Å². The van der Waals surface area contributed by atoms with Crippen LogP contribution in [0.5, 0.6) is 0 Å². The predicted molar refractivity (Wildman–Crippen MR) is 118 cm³/mol. The Morgan fingerprint density at radius 2 is 1.71 bits per heavy atom. The zero-order valence-electron chi connectivity index (χ0n) is 17.1. The monoisotopic (exact) mass is 411 g/mol. The molecular weight excluding hydrogens is 378 g/mol. The van der Waals surface area contributed by atoms with Crippen LogP contribution in [0, 0.1) is 0 Å². The molecule has 0 aromatic carbocycles. The number of guanidine groups is 1. The molecule has 0 radical (unpaired) electrons. The van der Waals surface area contributed by atoms with Crippen LogP contribution in [0.25, 0.3) is 0 Å². The summed E-state index contributed by atoms with van der Waals surface area (Å²) in [5.41, 5.74) is 6.02. The van der Waals surface area contributed by atoms with Crippen LogP contribution in [0.2, 0.25) is 5.15 Å². The van der Waals surface area contributed by atoms with Crippen LogP contribution in [0.3, 0.4) is 0 Å². The fraction of sp³-hybridized carbons (Fsp3) is 0.650. The van der Waals surface area contributed by atoms with E-state index in [1.54, 1.807) is 7.05 Å². The fourth-order valence-corrected chi connectivity index (χ4v) is 3.14. The molecule has 1 rings (SSSR count). The van der Waals surface area contributed by atoms with E-state index in [2.05, 4.69) is 27.5 Å². The molecule has 0 unspecified atom stereocenters. The average molecular weight is 412 g/mol. The molecule has 0 fully saturated rings. The minimum absolute atomic E-state index is 0.0126. The number of halogens is 1. The van der Waals surface area contributed by atoms with Gasteiger partial charge in [-0.25, -0.2) is 9.78 Å². The summed E-state index contributed by atoms with van der Waals surface area (Å²) in [6.07, 6.45) is 12.5. The van der Waals surface area contributed by atoms with Crippen molar-refractivity contribution in [2.45, 2.75) is 71.1 Å². The number of nitrogens with two attached hydrogens (primary N) is 1. The second-order valence-corrected chi connectivity index (χ2v) is 7.21. The molecule has 0 amide bonds. The standard InChI is InChI=1S/C20H34ClN5O2/c1-3-4-5-6-7-8-9-10-11-12-13-24-20(22)26-17-15(19(27)28)14-16(23-2)25-18(17)21/h14H,3-13H2,1-2H3,(H,23,25)(H,27,28)(H3,22,24,26). The van der Waals surface area contributed by atoms with E-state index < -0.39 is 5.97 Å². The molecule has 7 nitrogen and oxygen atoms in total. The van der Waals surface area contributed by atoms with E-state index in [9.17, 15) is 9.90 Å². The Morgan fingerprint density at radius 1 is 1.14 bits per heavy atom. The molecule has 5 N–H and O–H groups in total. The van der Waals surface area contributed by atoms with E-state index >= 15 is 0 Å². The highest BCUT2D eigenvalue weighted by atomic mass is 35.5. The molecule has 0 atom stereocenters. The first-order chi connectivity index (χ1) is 13.5. The van der Waals surface area contributed by atoms with Crippen LogP contribution in [-0.4, -0.2) is 35.6 Å². The molecule has 0 aliphatic heterocycles. The maximum absolute atomic E-state index is 11.4. The summed E-state index contributed by atoms with van der Waals surface area (Å²) < 4.78 is 0. The van der Waals surface area contributed by atoms with Gasteiger partial charge in [0.05, 0.1) is 11.3 Å². The normalized spacial score (nSPS) is 11.5. The van der Waals surface area contributed by atoms with Crippen LogP contribution in [0.1, 0.15) is 81.5 Å². The number of carboxylic acids is 1. The molecule has 0 saturated carbocycles. The summed E-state index contributed by atoms with van der Waals surface area (Å²) in [6, 6.07) is 1.39. The number of pyridine rings is 1. The smallest absolute Gasteiger partial charge is 0.338 e. The van der Waals surface area contributed by atoms with Crippen molar-refractivity contribution in [2.24, 2.45) is 10.7 Å². The lowest BCUT2D eigenvalue weighted by Crippen LogP contribution is -2.25. The maximum atomic E-state index is 11.4. The number of carboxylic acid groups (broad SMARTS) is 1. The Morgan fingerprint density at radius 3 is 2.25 bits per heavy atom. The van der Waals surface area contributed by atoms with E-state index in [4.69, 9.17) is 17.3 Å². The van der Waals surface area contributed by atoms with Gasteiger partial charge in [-0.05, 0) is 12.5 Å². The summed E-state index contributed by atoms with van der Waals surface area (Å²) in [7, 11) is 1.64. The van der Waals surface area contributed by atoms with Gasteiger partial charge in [-0.1, -0.05) is 76.3 Å². The molecule has 28 heavy (non-hydrogen) atoms. The third-order valence-electron chi connectivity index (χ3n) is 4.51. The Kier molecular flexibility index (Phi) is 12.0. The van der Waals surface area contributed by atoms with Crippen molar-refractivity contribution in [1.82, 2.24) is 4.98 Å². The van der Waals surface area contributed by atoms with Crippen LogP contribution >= 0.6 is 11.6 Å². The highest BCUT2D eigenvalue weighted by Gasteiger charge is 2.17. The average Bonchev–Trinajstić information content (AvgIpc) is 2.67. The third-order valence-corrected chi connectivity index (χ3v) is 4.78. The predicted octanol–water partition coefficient (Wildman–Crippen LogP) is 5.12. The summed E-state index contributed by atoms with van der Waals surface area (Å²) in [4.78, 5) is 19.8. The van der Waals surface area contributed by atoms with Crippen LogP contribution in [0.15, 0.2) is 11.1 Å². The summed E-state index contributed by atoms with van der Waals surface area (Å²) in [5, 5.41) is 14.9. The Hall–Kier alpha value is -2.02. The Balaban J connectivity index is 2.35. The fourth-order valence-electron chi connectivity index (χ4n) is 2.90. The zero-order chi connectivity index (χ0) is 20.8. The SMILES string of the molecule is CCCCCCCCCCCCN=C(N)Nc1c(C(=O)O)cc(NC)nc1Cl. The molecule has 0 aliphatic rings. The van der Waals surface area contributed by atoms with Crippen LogP contribution in [0.4, 0.5) is 11.5 Å². The molecule has 1 heterocycles. The molecule has 158 valence electrons. The molecule has 1 aromatic heterocycles. The first kappa shape index (κ1) is 24.0. The highest BCUT2D eigenvalue weighted by molar-refractivity contribution is 6.33. The van der Waals surface area contributed by atoms with E-state index in [0.29, 0.717) is 12.4 Å². The molecule has 0 spiro atoms. The van der Waals surface area contributed by atoms with Crippen molar-refractivity contribution in [2.75, 3.05) is 24.2 Å². The van der Waals surface area contributed by atoms with Gasteiger partial charge in [-0.3, -0.25) is 4.99 Å². The number of unbranched alkanes of at least 4 members (excludes halogenated alkanes) is 9. The summed E-state index contributed by atoms with van der Waals surface area (Å²) in [6.45, 7) is 2.83. The first-order valence-electron chi connectivity index (χ1n) is 10.2. The van der Waals surface area contributed by atoms with Gasteiger partial charge in [0.25, 0.3) is 0 Å². The van der Waals surface area contributed by atoms with Gasteiger partial charge in [0.2, 0.25) is 0 Å². The van der Waals surface area contributed by atoms with E-state index in [-0.39, 0.29) is 22.4 Å². The first-order valence-corrected chi connectivity index (χ1v) is 10.6. The van der Waals surface area contributed by atoms with Crippen molar-refractivity contribution in [1.29, 1.82) is 0 Å². The zero-order valence-corrected chi connectivity index (χ0v) is 17.8. The molecule has 0 aliphatic carbocycles. The summed E-state index contributed by atoms with van der Waals surface area (Å²) >= 11 is 6.09. The minimum atomic E-state index is -1.12. The number of hydrogen-bond donors (Lipinski definition) is 4. The topological polar surface area (TPSA) is 113 Å². The van der Waals surface area contributed by atoms with Gasteiger partial charge in [-0.15, -0.1) is 0 Å². The van der Waals surface area contributed by atoms with Crippen molar-refractivity contribution in [3.63, 3.8) is 0 Å². The lowest BCUT2D eigenvalue weighted by molar-refractivity contribution is 0.0698. The second-order valence-electron chi connectivity index (χ2n) is 6.85. The summed E-state index contributed by atoms with van der Waals surface area (Å²) in [5.74, 6) is -0.612. The van der Waals surface area contributed by atoms with E-state index in [0.717, 1.165) is 12.8 Å². The van der Waals surface area contributed by atoms with Gasteiger partial charge in [0.1, 0.15) is 5.82 Å². The molecule has 0 bridgehead atoms. The van der Waals surface area contributed by atoms with Crippen molar-refractivity contribution in [3.05, 3.63) is 16.8 Å². The quantitative estimate of drug-likeness (QED) is 0.146. The molecular formula is C20H34ClN5O2. The number of aromatic carboxylic acids is 1. The van der Waals surface area contributed by atoms with Crippen molar-refractivity contribution >= 4 is 35.0 Å². The number of aromatic nitrogens is 1. The number of nitrogens with zero attached hydrogens (tertiary/aromatic N) is 2. The third kappa shape index (κ3) is 9.26. The van der Waals surface area contributed by atoms with Crippen molar-refractivity contribution < 1.29 is 9.90 Å². The van der Waals surface area contributed by atoms with Gasteiger partial charge < -0.3 is 21.5 Å². The Bertz CT molecular complexity index is 637. The number of carbonyl (C=O) groups is 1. The lowest BCUT2D eigenvalue weighted by Gasteiger charge is -2.12. The number of hydrogen-bond acceptors (Lipinski definition) is 4. The largest absolute Gasteiger partial charge is 0.478 e. The number of aliphatic imine (C=N–C) groups is 1. The number of anilines is 2. The van der Waals surface area contributed by atoms with Gasteiger partial charge in [0.15, 0.2) is 11.1 Å². The van der Waals surface area contributed by atoms with E-state index in [1.807, 2.05) is 0 Å². The van der Waals surface area contributed by atoms with Gasteiger partial charge in [-0.2, -0.15) is 0 Å². The highest BCUT2D eigenvalue weighted by Crippen LogP contribution is 2.27. The number of nitrogens with one attached hydrogen (secondary N) is 2. The van der Waals surface area contributed by atoms with Crippen LogP contribution < -0.4 is 16.4 Å². The molecule has 0 saturated heterocycles. The second kappa shape index (κ2) is 14.0. The number of rotatable bonds is 14. The minimum Gasteiger partial charge on any atom is -0.478 e. The maximum Gasteiger partial charge on any atom is 0.338 e. The lowest BCUT2D eigenvalue weighted by atomic mass is 10.1. The van der Waals surface area contributed by atoms with Gasteiger partial charge >= 0.3 is 5.97 Å². The van der Waals surface area contributed by atoms with E-state index in [1.165, 1.54) is 57.4 Å². The Labute approximate surface area is 173 Å². The van der Waals surface area contributed by atoms with Crippen LogP contribution in [-0.2, 0) is 0 Å². The molecule has 8 heteroatoms. The molecule has 1 aromatic rings.